The minimum absolute atomic E-state index is 0.216. The Bertz CT molecular complexity index is 1130. The second-order valence-corrected chi connectivity index (χ2v) is 7.41. The van der Waals surface area contributed by atoms with Crippen LogP contribution in [0.1, 0.15) is 41.3 Å². The van der Waals surface area contributed by atoms with Crippen LogP contribution in [0.5, 0.6) is 0 Å². The van der Waals surface area contributed by atoms with E-state index < -0.39 is 65.0 Å². The molecule has 2 aromatic carbocycles. The highest BCUT2D eigenvalue weighted by molar-refractivity contribution is 5.86. The summed E-state index contributed by atoms with van der Waals surface area (Å²) in [6.07, 6.45) is -10.0. The summed E-state index contributed by atoms with van der Waals surface area (Å²) in [5.74, 6) is -2.51. The van der Waals surface area contributed by atoms with Crippen molar-refractivity contribution in [2.45, 2.75) is 43.6 Å². The van der Waals surface area contributed by atoms with Crippen LogP contribution in [-0.2, 0) is 21.8 Å². The fourth-order valence-corrected chi connectivity index (χ4v) is 3.65. The van der Waals surface area contributed by atoms with Crippen molar-refractivity contribution in [1.29, 1.82) is 0 Å². The van der Waals surface area contributed by atoms with Crippen LogP contribution in [0.3, 0.4) is 0 Å². The van der Waals surface area contributed by atoms with E-state index in [1.54, 1.807) is 0 Å². The highest BCUT2D eigenvalue weighted by Gasteiger charge is 2.45. The molecule has 2 aliphatic heterocycles. The zero-order valence-electron chi connectivity index (χ0n) is 16.5. The van der Waals surface area contributed by atoms with E-state index in [9.17, 15) is 35.1 Å². The second kappa shape index (κ2) is 7.99. The van der Waals surface area contributed by atoms with E-state index in [4.69, 9.17) is 9.47 Å². The molecule has 0 spiro atoms. The van der Waals surface area contributed by atoms with Crippen LogP contribution in [0.4, 0.5) is 35.1 Å². The number of alkyl halides is 6. The molecule has 4 nitrogen and oxygen atoms in total. The van der Waals surface area contributed by atoms with Gasteiger partial charge in [0.1, 0.15) is 17.7 Å². The summed E-state index contributed by atoms with van der Waals surface area (Å²) in [5, 5.41) is 0. The van der Waals surface area contributed by atoms with Gasteiger partial charge in [-0.1, -0.05) is 12.1 Å². The van der Waals surface area contributed by atoms with Crippen molar-refractivity contribution < 1.29 is 44.6 Å². The van der Waals surface area contributed by atoms with Crippen LogP contribution in [-0.4, -0.2) is 24.4 Å². The van der Waals surface area contributed by atoms with Gasteiger partial charge in [-0.3, -0.25) is 0 Å². The number of hydrogen-bond acceptors (Lipinski definition) is 4. The van der Waals surface area contributed by atoms with Gasteiger partial charge in [0.2, 0.25) is 12.0 Å². The minimum Gasteiger partial charge on any atom is -0.468 e. The van der Waals surface area contributed by atoms with Gasteiger partial charge in [-0.05, 0) is 36.8 Å². The topological polar surface area (TPSA) is 43.2 Å². The van der Waals surface area contributed by atoms with Gasteiger partial charge in [0.25, 0.3) is 6.40 Å². The van der Waals surface area contributed by atoms with E-state index in [0.29, 0.717) is 18.2 Å². The average Bonchev–Trinajstić information content (AvgIpc) is 3.33. The Kier molecular flexibility index (Phi) is 5.57. The van der Waals surface area contributed by atoms with Gasteiger partial charge >= 0.3 is 12.4 Å². The van der Waals surface area contributed by atoms with Crippen molar-refractivity contribution in [3.05, 3.63) is 70.3 Å². The van der Waals surface area contributed by atoms with Crippen LogP contribution in [0.2, 0.25) is 0 Å². The number of halogens is 8. The second-order valence-electron chi connectivity index (χ2n) is 7.41. The molecular weight excluding hydrogens is 464 g/mol. The van der Waals surface area contributed by atoms with Gasteiger partial charge in [-0.15, -0.1) is 0 Å². The van der Waals surface area contributed by atoms with Gasteiger partial charge in [0.15, 0.2) is 6.10 Å². The third-order valence-electron chi connectivity index (χ3n) is 5.19. The normalized spacial score (nSPS) is 25.1. The van der Waals surface area contributed by atoms with Crippen molar-refractivity contribution in [3.8, 4) is 0 Å². The van der Waals surface area contributed by atoms with Crippen LogP contribution < -0.4 is 0 Å². The molecular formula is C21H13F8N2O2. The summed E-state index contributed by atoms with van der Waals surface area (Å²) in [6.45, 7) is 1.49. The van der Waals surface area contributed by atoms with E-state index in [1.165, 1.54) is 6.92 Å². The number of aliphatic imine (C=N–C) groups is 2. The van der Waals surface area contributed by atoms with Gasteiger partial charge in [0.05, 0.1) is 17.2 Å². The van der Waals surface area contributed by atoms with Crippen LogP contribution >= 0.6 is 0 Å². The fraction of sp³-hybridized carbons (Fsp3) is 0.333. The predicted octanol–water partition coefficient (Wildman–Crippen LogP) is 5.91. The maximum Gasteiger partial charge on any atom is 0.416 e. The Morgan fingerprint density at radius 2 is 1.58 bits per heavy atom. The van der Waals surface area contributed by atoms with Crippen molar-refractivity contribution in [2.24, 2.45) is 9.98 Å². The molecule has 2 aromatic rings. The Hall–Kier alpha value is -3.18. The van der Waals surface area contributed by atoms with Crippen LogP contribution in [0.25, 0.3) is 0 Å². The summed E-state index contributed by atoms with van der Waals surface area (Å²) in [5.41, 5.74) is -3.09. The molecule has 0 saturated heterocycles. The number of benzene rings is 2. The maximum atomic E-state index is 14.4. The summed E-state index contributed by atoms with van der Waals surface area (Å²) >= 11 is 0. The first-order valence-corrected chi connectivity index (χ1v) is 9.44. The smallest absolute Gasteiger partial charge is 0.416 e. The van der Waals surface area contributed by atoms with E-state index in [-0.39, 0.29) is 11.5 Å². The van der Waals surface area contributed by atoms with Gasteiger partial charge < -0.3 is 9.47 Å². The van der Waals surface area contributed by atoms with E-state index in [2.05, 4.69) is 16.4 Å². The highest BCUT2D eigenvalue weighted by Crippen LogP contribution is 2.42. The average molecular weight is 477 g/mol. The molecule has 0 aliphatic carbocycles. The molecule has 4 rings (SSSR count). The summed E-state index contributed by atoms with van der Waals surface area (Å²) in [4.78, 5) is 7.91. The zero-order valence-corrected chi connectivity index (χ0v) is 16.5. The summed E-state index contributed by atoms with van der Waals surface area (Å²) < 4.78 is 117. The number of ether oxygens (including phenoxy) is 2. The first-order chi connectivity index (χ1) is 15.4. The molecule has 4 atom stereocenters. The molecule has 175 valence electrons. The predicted molar refractivity (Wildman–Crippen MR) is 98.6 cm³/mol. The molecule has 0 N–H and O–H groups in total. The number of rotatable bonds is 3. The lowest BCUT2D eigenvalue weighted by molar-refractivity contribution is -0.139. The molecule has 0 fully saturated rings. The van der Waals surface area contributed by atoms with Gasteiger partial charge in [0, 0.05) is 5.56 Å². The molecule has 4 unspecified atom stereocenters. The molecule has 33 heavy (non-hydrogen) atoms. The maximum absolute atomic E-state index is 14.4. The number of nitrogens with zero attached hydrogens (tertiary/aromatic N) is 2. The monoisotopic (exact) mass is 477 g/mol. The third-order valence-corrected chi connectivity index (χ3v) is 5.19. The lowest BCUT2D eigenvalue weighted by Gasteiger charge is -2.22. The largest absolute Gasteiger partial charge is 0.468 e. The molecule has 12 heteroatoms. The van der Waals surface area contributed by atoms with E-state index >= 15 is 0 Å². The SMILES string of the molecule is CC1N=C(C2O[C]=NC2c2ccc(F)cc2C(F)(F)F)OC1c1ccc(C(F)(F)F)cc1F. The molecule has 0 amide bonds. The van der Waals surface area contributed by atoms with E-state index in [0.717, 1.165) is 18.2 Å². The molecule has 1 radical (unpaired) electrons. The number of hydrogen-bond donors (Lipinski definition) is 0. The van der Waals surface area contributed by atoms with Gasteiger partial charge in [-0.25, -0.2) is 18.8 Å². The Balaban J connectivity index is 1.61. The third kappa shape index (κ3) is 4.38. The van der Waals surface area contributed by atoms with Crippen LogP contribution in [0, 0.1) is 11.6 Å². The lowest BCUT2D eigenvalue weighted by atomic mass is 9.96. The van der Waals surface area contributed by atoms with Crippen molar-refractivity contribution in [3.63, 3.8) is 0 Å². The Morgan fingerprint density at radius 1 is 0.879 bits per heavy atom. The van der Waals surface area contributed by atoms with Gasteiger partial charge in [-0.2, -0.15) is 26.3 Å². The van der Waals surface area contributed by atoms with Crippen molar-refractivity contribution in [2.75, 3.05) is 0 Å². The lowest BCUT2D eigenvalue weighted by Crippen LogP contribution is -2.28. The first-order valence-electron chi connectivity index (χ1n) is 9.44. The fourth-order valence-electron chi connectivity index (χ4n) is 3.65. The zero-order chi connectivity index (χ0) is 24.1. The molecule has 0 saturated carbocycles. The van der Waals surface area contributed by atoms with E-state index in [1.807, 2.05) is 0 Å². The standard InChI is InChI=1S/C21H13F8N2O2/c1-9-17(13-4-2-10(6-15(13)23)20(24,25)26)33-19(31-9)18-16(30-8-32-18)12-5-3-11(22)7-14(12)21(27,28)29/h2-7,9,16-18H,1H3. The Morgan fingerprint density at radius 3 is 2.21 bits per heavy atom. The molecule has 0 aromatic heterocycles. The molecule has 2 heterocycles. The summed E-state index contributed by atoms with van der Waals surface area (Å²) in [7, 11) is 0. The quantitative estimate of drug-likeness (QED) is 0.517. The molecule has 0 bridgehead atoms. The summed E-state index contributed by atoms with van der Waals surface area (Å²) in [6, 6.07) is 1.83. The Labute approximate surface area is 181 Å². The molecule has 2 aliphatic rings. The van der Waals surface area contributed by atoms with Crippen molar-refractivity contribution >= 4 is 12.3 Å². The minimum atomic E-state index is -4.89. The highest BCUT2D eigenvalue weighted by atomic mass is 19.4. The first kappa shape index (κ1) is 23.0. The van der Waals surface area contributed by atoms with Crippen LogP contribution in [0.15, 0.2) is 46.4 Å². The van der Waals surface area contributed by atoms with Crippen molar-refractivity contribution in [1.82, 2.24) is 0 Å².